The monoisotopic (exact) mass is 293 g/mol. The van der Waals surface area contributed by atoms with Crippen molar-refractivity contribution >= 4 is 6.21 Å². The Balaban J connectivity index is 2.20. The summed E-state index contributed by atoms with van der Waals surface area (Å²) in [6, 6.07) is 16.6. The average Bonchev–Trinajstić information content (AvgIpc) is 2.46. The Bertz CT molecular complexity index is 701. The minimum Gasteiger partial charge on any atom is -0.487 e. The van der Waals surface area contributed by atoms with Gasteiger partial charge in [-0.3, -0.25) is 0 Å². The van der Waals surface area contributed by atoms with Crippen molar-refractivity contribution in [3.8, 4) is 5.75 Å². The van der Waals surface area contributed by atoms with Crippen LogP contribution < -0.4 is 4.74 Å². The highest BCUT2D eigenvalue weighted by Gasteiger charge is 2.49. The minimum absolute atomic E-state index is 0.0720. The summed E-state index contributed by atoms with van der Waals surface area (Å²) in [4.78, 5) is 0. The Morgan fingerprint density at radius 1 is 1.00 bits per heavy atom. The summed E-state index contributed by atoms with van der Waals surface area (Å²) >= 11 is 0. The second-order valence-corrected chi connectivity index (χ2v) is 7.17. The van der Waals surface area contributed by atoms with Crippen LogP contribution in [0, 0.1) is 5.41 Å². The third-order valence-electron chi connectivity index (χ3n) is 4.79. The van der Waals surface area contributed by atoms with Crippen molar-refractivity contribution in [1.82, 2.24) is 0 Å². The Morgan fingerprint density at radius 2 is 1.68 bits per heavy atom. The SMILES string of the molecule is CC1(C)Oc2ccc(C=N)cc2C(C)(C)C1c1ccccc1. The van der Waals surface area contributed by atoms with Crippen LogP contribution >= 0.6 is 0 Å². The number of rotatable bonds is 2. The molecule has 22 heavy (non-hydrogen) atoms. The molecule has 1 N–H and O–H groups in total. The summed E-state index contributed by atoms with van der Waals surface area (Å²) in [6.45, 7) is 8.89. The standard InChI is InChI=1S/C20H23NO/c1-19(2)16-12-14(13-21)10-11-17(16)22-20(3,4)18(19)15-8-6-5-7-9-15/h5-13,18,21H,1-4H3. The molecule has 3 rings (SSSR count). The minimum atomic E-state index is -0.288. The van der Waals surface area contributed by atoms with Crippen molar-refractivity contribution in [2.75, 3.05) is 0 Å². The van der Waals surface area contributed by atoms with Crippen LogP contribution in [0.25, 0.3) is 0 Å². The molecule has 1 aliphatic heterocycles. The second-order valence-electron chi connectivity index (χ2n) is 7.17. The van der Waals surface area contributed by atoms with E-state index in [-0.39, 0.29) is 16.9 Å². The van der Waals surface area contributed by atoms with Crippen molar-refractivity contribution in [2.45, 2.75) is 44.6 Å². The van der Waals surface area contributed by atoms with Crippen LogP contribution in [0.15, 0.2) is 48.5 Å². The second kappa shape index (κ2) is 4.98. The zero-order chi connectivity index (χ0) is 16.0. The van der Waals surface area contributed by atoms with Crippen molar-refractivity contribution in [3.63, 3.8) is 0 Å². The number of nitrogens with one attached hydrogen (secondary N) is 1. The molecule has 2 heteroatoms. The van der Waals surface area contributed by atoms with Crippen LogP contribution in [0.3, 0.4) is 0 Å². The molecule has 1 atom stereocenters. The third kappa shape index (κ3) is 2.23. The van der Waals surface area contributed by atoms with Gasteiger partial charge in [-0.1, -0.05) is 44.2 Å². The molecule has 0 radical (unpaired) electrons. The number of hydrogen-bond acceptors (Lipinski definition) is 2. The van der Waals surface area contributed by atoms with Crippen molar-refractivity contribution in [2.24, 2.45) is 0 Å². The molecule has 0 aromatic heterocycles. The third-order valence-corrected chi connectivity index (χ3v) is 4.79. The van der Waals surface area contributed by atoms with Crippen molar-refractivity contribution < 1.29 is 4.74 Å². The maximum Gasteiger partial charge on any atom is 0.123 e. The van der Waals surface area contributed by atoms with Crippen LogP contribution in [0.1, 0.15) is 50.3 Å². The van der Waals surface area contributed by atoms with Gasteiger partial charge in [0.05, 0.1) is 0 Å². The predicted octanol–water partition coefficient (Wildman–Crippen LogP) is 4.92. The lowest BCUT2D eigenvalue weighted by atomic mass is 9.62. The van der Waals surface area contributed by atoms with E-state index < -0.39 is 0 Å². The molecule has 0 spiro atoms. The Kier molecular flexibility index (Phi) is 3.36. The smallest absolute Gasteiger partial charge is 0.123 e. The van der Waals surface area contributed by atoms with E-state index in [1.807, 2.05) is 18.2 Å². The molecule has 0 saturated heterocycles. The summed E-state index contributed by atoms with van der Waals surface area (Å²) in [5, 5.41) is 7.52. The highest BCUT2D eigenvalue weighted by molar-refractivity contribution is 5.78. The van der Waals surface area contributed by atoms with Gasteiger partial charge < -0.3 is 10.1 Å². The van der Waals surface area contributed by atoms with Crippen LogP contribution in [0.5, 0.6) is 5.75 Å². The maximum atomic E-state index is 7.52. The quantitative estimate of drug-likeness (QED) is 0.783. The van der Waals surface area contributed by atoms with E-state index in [1.165, 1.54) is 17.3 Å². The summed E-state index contributed by atoms with van der Waals surface area (Å²) < 4.78 is 6.35. The Labute approximate surface area is 132 Å². The van der Waals surface area contributed by atoms with Gasteiger partial charge in [0.25, 0.3) is 0 Å². The fourth-order valence-electron chi connectivity index (χ4n) is 4.06. The van der Waals surface area contributed by atoms with Crippen LogP contribution in [-0.2, 0) is 5.41 Å². The molecule has 2 aromatic carbocycles. The first kappa shape index (κ1) is 14.8. The average molecular weight is 293 g/mol. The molecule has 0 aliphatic carbocycles. The zero-order valence-electron chi connectivity index (χ0n) is 13.7. The van der Waals surface area contributed by atoms with Gasteiger partial charge in [0.2, 0.25) is 0 Å². The molecule has 114 valence electrons. The Hall–Kier alpha value is -2.09. The topological polar surface area (TPSA) is 33.1 Å². The molecule has 1 heterocycles. The van der Waals surface area contributed by atoms with Gasteiger partial charge in [0, 0.05) is 23.1 Å². The maximum absolute atomic E-state index is 7.52. The molecule has 1 aliphatic rings. The molecule has 0 fully saturated rings. The first-order valence-electron chi connectivity index (χ1n) is 7.75. The van der Waals surface area contributed by atoms with E-state index in [4.69, 9.17) is 10.1 Å². The van der Waals surface area contributed by atoms with Crippen molar-refractivity contribution in [3.05, 3.63) is 65.2 Å². The van der Waals surface area contributed by atoms with Gasteiger partial charge in [-0.05, 0) is 43.2 Å². The van der Waals surface area contributed by atoms with E-state index in [0.29, 0.717) is 0 Å². The zero-order valence-corrected chi connectivity index (χ0v) is 13.7. The molecular formula is C20H23NO. The van der Waals surface area contributed by atoms with Gasteiger partial charge in [-0.25, -0.2) is 0 Å². The first-order chi connectivity index (χ1) is 10.4. The molecule has 0 bridgehead atoms. The number of ether oxygens (including phenoxy) is 1. The van der Waals surface area contributed by atoms with Gasteiger partial charge in [0.1, 0.15) is 11.4 Å². The summed E-state index contributed by atoms with van der Waals surface area (Å²) in [6.07, 6.45) is 1.40. The van der Waals surface area contributed by atoms with E-state index >= 15 is 0 Å². The lowest BCUT2D eigenvalue weighted by Crippen LogP contribution is -2.49. The first-order valence-corrected chi connectivity index (χ1v) is 7.75. The number of benzene rings is 2. The van der Waals surface area contributed by atoms with E-state index in [1.54, 1.807) is 0 Å². The van der Waals surface area contributed by atoms with Crippen LogP contribution in [0.2, 0.25) is 0 Å². The van der Waals surface area contributed by atoms with Gasteiger partial charge >= 0.3 is 0 Å². The fourth-order valence-corrected chi connectivity index (χ4v) is 4.06. The Morgan fingerprint density at radius 3 is 2.32 bits per heavy atom. The summed E-state index contributed by atoms with van der Waals surface area (Å²) in [5.41, 5.74) is 3.04. The number of hydrogen-bond donors (Lipinski definition) is 1. The fraction of sp³-hybridized carbons (Fsp3) is 0.350. The van der Waals surface area contributed by atoms with Gasteiger partial charge in [-0.2, -0.15) is 0 Å². The van der Waals surface area contributed by atoms with Crippen LogP contribution in [0.4, 0.5) is 0 Å². The van der Waals surface area contributed by atoms with Crippen molar-refractivity contribution in [1.29, 1.82) is 5.41 Å². The van der Waals surface area contributed by atoms with Gasteiger partial charge in [0.15, 0.2) is 0 Å². The largest absolute Gasteiger partial charge is 0.487 e. The number of fused-ring (bicyclic) bond motifs is 1. The van der Waals surface area contributed by atoms with E-state index in [2.05, 4.69) is 58.0 Å². The molecule has 1 unspecified atom stereocenters. The predicted molar refractivity (Wildman–Crippen MR) is 91.2 cm³/mol. The highest BCUT2D eigenvalue weighted by Crippen LogP contribution is 2.53. The van der Waals surface area contributed by atoms with Gasteiger partial charge in [-0.15, -0.1) is 0 Å². The van der Waals surface area contributed by atoms with E-state index in [9.17, 15) is 0 Å². The molecular weight excluding hydrogens is 270 g/mol. The lowest BCUT2D eigenvalue weighted by Gasteiger charge is -2.50. The summed E-state index contributed by atoms with van der Waals surface area (Å²) in [5.74, 6) is 1.18. The molecule has 0 amide bonds. The summed E-state index contributed by atoms with van der Waals surface area (Å²) in [7, 11) is 0. The van der Waals surface area contributed by atoms with E-state index in [0.717, 1.165) is 11.3 Å². The molecule has 2 nitrogen and oxygen atoms in total. The molecule has 0 saturated carbocycles. The highest BCUT2D eigenvalue weighted by atomic mass is 16.5. The lowest BCUT2D eigenvalue weighted by molar-refractivity contribution is 0.0259. The molecule has 2 aromatic rings. The van der Waals surface area contributed by atoms with Crippen LogP contribution in [-0.4, -0.2) is 11.8 Å². The normalized spacial score (nSPS) is 21.5.